The molecule has 1 aliphatic rings. The highest BCUT2D eigenvalue weighted by atomic mass is 19.1. The molecule has 1 aromatic carbocycles. The van der Waals surface area contributed by atoms with Crippen LogP contribution in [0.4, 0.5) is 4.39 Å². The van der Waals surface area contributed by atoms with Crippen molar-refractivity contribution in [3.05, 3.63) is 47.8 Å². The molecule has 0 amide bonds. The third-order valence-electron chi connectivity index (χ3n) is 3.56. The summed E-state index contributed by atoms with van der Waals surface area (Å²) in [7, 11) is 0. The molecule has 3 heteroatoms. The normalized spacial score (nSPS) is 18.6. The number of nitrogens with one attached hydrogen (secondary N) is 1. The average molecular weight is 248 g/mol. The van der Waals surface area contributed by atoms with E-state index in [0.29, 0.717) is 5.56 Å². The van der Waals surface area contributed by atoms with Gasteiger partial charge in [-0.05, 0) is 30.5 Å². The number of hydrogen-bond donors (Lipinski definition) is 1. The highest BCUT2D eigenvalue weighted by Crippen LogP contribution is 2.26. The van der Waals surface area contributed by atoms with E-state index in [1.54, 1.807) is 13.0 Å². The van der Waals surface area contributed by atoms with E-state index < -0.39 is 0 Å². The Morgan fingerprint density at radius 1 is 1.44 bits per heavy atom. The van der Waals surface area contributed by atoms with E-state index in [4.69, 9.17) is 0 Å². The molecule has 0 radical (unpaired) electrons. The number of rotatable bonds is 4. The fraction of sp³-hybridized carbons (Fsp3) is 0.467. The number of nitrogens with zero attached hydrogens (tertiary/aromatic N) is 1. The van der Waals surface area contributed by atoms with Gasteiger partial charge in [0.05, 0.1) is 0 Å². The number of halogens is 1. The van der Waals surface area contributed by atoms with Crippen molar-refractivity contribution in [1.82, 2.24) is 10.2 Å². The second-order valence-electron chi connectivity index (χ2n) is 4.83. The van der Waals surface area contributed by atoms with Gasteiger partial charge in [0.15, 0.2) is 0 Å². The van der Waals surface area contributed by atoms with E-state index in [-0.39, 0.29) is 11.9 Å². The number of aryl methyl sites for hydroxylation is 1. The maximum atomic E-state index is 13.7. The lowest BCUT2D eigenvalue weighted by Gasteiger charge is -2.34. The first kappa shape index (κ1) is 13.2. The zero-order valence-corrected chi connectivity index (χ0v) is 11.0. The molecule has 1 saturated heterocycles. The number of piperazine rings is 1. The SMILES string of the molecule is C=CC[C@H](c1ccc(C)c(F)c1)N1CCNCC1. The van der Waals surface area contributed by atoms with Gasteiger partial charge in [-0.2, -0.15) is 0 Å². The first-order valence-corrected chi connectivity index (χ1v) is 6.54. The predicted molar refractivity (Wildman–Crippen MR) is 73.1 cm³/mol. The fourth-order valence-electron chi connectivity index (χ4n) is 2.46. The summed E-state index contributed by atoms with van der Waals surface area (Å²) in [6.45, 7) is 9.64. The minimum atomic E-state index is -0.114. The fourth-order valence-corrected chi connectivity index (χ4v) is 2.46. The Hall–Kier alpha value is -1.19. The summed E-state index contributed by atoms with van der Waals surface area (Å²) < 4.78 is 13.7. The van der Waals surface area contributed by atoms with Gasteiger partial charge in [-0.15, -0.1) is 6.58 Å². The topological polar surface area (TPSA) is 15.3 Å². The molecular weight excluding hydrogens is 227 g/mol. The standard InChI is InChI=1S/C15H21FN2/c1-3-4-15(18-9-7-17-8-10-18)13-6-5-12(2)14(16)11-13/h3,5-6,11,15,17H,1,4,7-10H2,2H3/t15-/m1/s1. The van der Waals surface area contributed by atoms with Crippen LogP contribution in [-0.4, -0.2) is 31.1 Å². The van der Waals surface area contributed by atoms with Crippen LogP contribution in [0.15, 0.2) is 30.9 Å². The van der Waals surface area contributed by atoms with Crippen LogP contribution in [0.1, 0.15) is 23.6 Å². The summed E-state index contributed by atoms with van der Waals surface area (Å²) in [5, 5.41) is 3.34. The Kier molecular flexibility index (Phi) is 4.50. The molecule has 2 rings (SSSR count). The van der Waals surface area contributed by atoms with Gasteiger partial charge in [-0.1, -0.05) is 18.2 Å². The summed E-state index contributed by atoms with van der Waals surface area (Å²) in [6.07, 6.45) is 2.78. The molecule has 1 aromatic rings. The van der Waals surface area contributed by atoms with Gasteiger partial charge in [0.25, 0.3) is 0 Å². The van der Waals surface area contributed by atoms with Crippen LogP contribution < -0.4 is 5.32 Å². The average Bonchev–Trinajstić information content (AvgIpc) is 2.40. The third kappa shape index (κ3) is 2.98. The van der Waals surface area contributed by atoms with Crippen molar-refractivity contribution in [2.75, 3.05) is 26.2 Å². The molecule has 2 nitrogen and oxygen atoms in total. The summed E-state index contributed by atoms with van der Waals surface area (Å²) in [5.41, 5.74) is 1.76. The maximum absolute atomic E-state index is 13.7. The van der Waals surface area contributed by atoms with E-state index in [9.17, 15) is 4.39 Å². The molecule has 1 atom stereocenters. The van der Waals surface area contributed by atoms with Crippen molar-refractivity contribution < 1.29 is 4.39 Å². The Balaban J connectivity index is 2.22. The molecule has 0 saturated carbocycles. The second kappa shape index (κ2) is 6.12. The Morgan fingerprint density at radius 3 is 2.78 bits per heavy atom. The smallest absolute Gasteiger partial charge is 0.126 e. The molecule has 1 heterocycles. The lowest BCUT2D eigenvalue weighted by molar-refractivity contribution is 0.174. The van der Waals surface area contributed by atoms with Crippen molar-refractivity contribution in [3.8, 4) is 0 Å². The number of hydrogen-bond acceptors (Lipinski definition) is 2. The minimum Gasteiger partial charge on any atom is -0.314 e. The maximum Gasteiger partial charge on any atom is 0.126 e. The Morgan fingerprint density at radius 2 is 2.17 bits per heavy atom. The van der Waals surface area contributed by atoms with Gasteiger partial charge in [-0.25, -0.2) is 4.39 Å². The molecule has 0 bridgehead atoms. The van der Waals surface area contributed by atoms with Crippen LogP contribution in [0.5, 0.6) is 0 Å². The van der Waals surface area contributed by atoms with E-state index in [1.165, 1.54) is 0 Å². The third-order valence-corrected chi connectivity index (χ3v) is 3.56. The predicted octanol–water partition coefficient (Wildman–Crippen LogP) is 2.66. The van der Waals surface area contributed by atoms with Crippen molar-refractivity contribution in [1.29, 1.82) is 0 Å². The van der Waals surface area contributed by atoms with Crippen molar-refractivity contribution in [3.63, 3.8) is 0 Å². The molecule has 1 aliphatic heterocycles. The van der Waals surface area contributed by atoms with Gasteiger partial charge in [-0.3, -0.25) is 4.90 Å². The molecule has 1 N–H and O–H groups in total. The summed E-state index contributed by atoms with van der Waals surface area (Å²) in [5.74, 6) is -0.114. The van der Waals surface area contributed by atoms with Gasteiger partial charge < -0.3 is 5.32 Å². The van der Waals surface area contributed by atoms with Crippen LogP contribution in [-0.2, 0) is 0 Å². The van der Waals surface area contributed by atoms with E-state index >= 15 is 0 Å². The van der Waals surface area contributed by atoms with Crippen molar-refractivity contribution in [2.24, 2.45) is 0 Å². The van der Waals surface area contributed by atoms with Crippen LogP contribution in [0.25, 0.3) is 0 Å². The number of benzene rings is 1. The van der Waals surface area contributed by atoms with E-state index in [0.717, 1.165) is 38.2 Å². The van der Waals surface area contributed by atoms with E-state index in [1.807, 2.05) is 18.2 Å². The highest BCUT2D eigenvalue weighted by Gasteiger charge is 2.21. The quantitative estimate of drug-likeness (QED) is 0.824. The monoisotopic (exact) mass is 248 g/mol. The van der Waals surface area contributed by atoms with Crippen molar-refractivity contribution >= 4 is 0 Å². The highest BCUT2D eigenvalue weighted by molar-refractivity contribution is 5.26. The molecule has 1 fully saturated rings. The summed E-state index contributed by atoms with van der Waals surface area (Å²) in [6, 6.07) is 5.82. The van der Waals surface area contributed by atoms with Crippen LogP contribution in [0.2, 0.25) is 0 Å². The lowest BCUT2D eigenvalue weighted by Crippen LogP contribution is -2.45. The van der Waals surface area contributed by atoms with Crippen LogP contribution in [0.3, 0.4) is 0 Å². The van der Waals surface area contributed by atoms with E-state index in [2.05, 4.69) is 16.8 Å². The van der Waals surface area contributed by atoms with Gasteiger partial charge in [0, 0.05) is 32.2 Å². The first-order chi connectivity index (χ1) is 8.72. The second-order valence-corrected chi connectivity index (χ2v) is 4.83. The van der Waals surface area contributed by atoms with Gasteiger partial charge in [0.2, 0.25) is 0 Å². The first-order valence-electron chi connectivity index (χ1n) is 6.54. The Bertz CT molecular complexity index is 411. The molecular formula is C15H21FN2. The zero-order valence-electron chi connectivity index (χ0n) is 11.0. The van der Waals surface area contributed by atoms with Gasteiger partial charge >= 0.3 is 0 Å². The molecule has 0 aromatic heterocycles. The summed E-state index contributed by atoms with van der Waals surface area (Å²) in [4.78, 5) is 2.41. The zero-order chi connectivity index (χ0) is 13.0. The molecule has 98 valence electrons. The van der Waals surface area contributed by atoms with Crippen LogP contribution >= 0.6 is 0 Å². The molecule has 0 unspecified atom stereocenters. The Labute approximate surface area is 108 Å². The molecule has 0 spiro atoms. The largest absolute Gasteiger partial charge is 0.314 e. The molecule has 0 aliphatic carbocycles. The van der Waals surface area contributed by atoms with Crippen molar-refractivity contribution in [2.45, 2.75) is 19.4 Å². The minimum absolute atomic E-state index is 0.114. The lowest BCUT2D eigenvalue weighted by atomic mass is 9.99. The summed E-state index contributed by atoms with van der Waals surface area (Å²) >= 11 is 0. The van der Waals surface area contributed by atoms with Gasteiger partial charge in [0.1, 0.15) is 5.82 Å². The van der Waals surface area contributed by atoms with Crippen LogP contribution in [0, 0.1) is 12.7 Å². The molecule has 18 heavy (non-hydrogen) atoms.